The molecule has 0 bridgehead atoms. The van der Waals surface area contributed by atoms with Crippen LogP contribution in [0.4, 0.5) is 4.79 Å². The first-order chi connectivity index (χ1) is 9.63. The Kier molecular flexibility index (Phi) is 3.71. The number of carbonyl (C=O) groups excluding carboxylic acids is 2. The first kappa shape index (κ1) is 13.9. The predicted molar refractivity (Wildman–Crippen MR) is 75.2 cm³/mol. The molecule has 1 saturated carbocycles. The number of imide groups is 1. The molecule has 2 N–H and O–H groups in total. The van der Waals surface area contributed by atoms with E-state index in [1.54, 1.807) is 0 Å². The maximum atomic E-state index is 12.8. The van der Waals surface area contributed by atoms with E-state index in [1.807, 2.05) is 0 Å². The van der Waals surface area contributed by atoms with Crippen molar-refractivity contribution in [3.05, 3.63) is 0 Å². The van der Waals surface area contributed by atoms with Gasteiger partial charge in [-0.2, -0.15) is 0 Å². The summed E-state index contributed by atoms with van der Waals surface area (Å²) in [4.78, 5) is 27.9. The zero-order valence-electron chi connectivity index (χ0n) is 12.4. The molecule has 0 aromatic heterocycles. The minimum atomic E-state index is -0.593. The van der Waals surface area contributed by atoms with Gasteiger partial charge in [-0.1, -0.05) is 19.8 Å². The van der Waals surface area contributed by atoms with E-state index >= 15 is 0 Å². The third-order valence-corrected chi connectivity index (χ3v) is 5.44. The third kappa shape index (κ3) is 2.22. The molecule has 3 amide bonds. The van der Waals surface area contributed by atoms with Gasteiger partial charge in [-0.15, -0.1) is 0 Å². The smallest absolute Gasteiger partial charge is 0.323 e. The van der Waals surface area contributed by atoms with E-state index in [0.29, 0.717) is 6.67 Å². The fraction of sp³-hybridized carbons (Fsp3) is 0.867. The molecular weight excluding hydrogens is 254 g/mol. The normalized spacial score (nSPS) is 35.6. The number of nitrogens with zero attached hydrogens (tertiary/aromatic N) is 1. The van der Waals surface area contributed by atoms with Crippen molar-refractivity contribution in [1.29, 1.82) is 0 Å². The number of nitrogens with one attached hydrogen (secondary N) is 2. The van der Waals surface area contributed by atoms with Crippen molar-refractivity contribution in [2.75, 3.05) is 19.8 Å². The van der Waals surface area contributed by atoms with Crippen molar-refractivity contribution in [1.82, 2.24) is 10.2 Å². The lowest BCUT2D eigenvalue weighted by Gasteiger charge is -2.37. The summed E-state index contributed by atoms with van der Waals surface area (Å²) in [5.41, 5.74) is -0.593. The van der Waals surface area contributed by atoms with Gasteiger partial charge in [0.1, 0.15) is 5.54 Å². The number of amides is 3. The highest BCUT2D eigenvalue weighted by atomic mass is 16.2. The molecule has 0 radical (unpaired) electrons. The van der Waals surface area contributed by atoms with Crippen LogP contribution in [0.1, 0.15) is 51.9 Å². The van der Waals surface area contributed by atoms with Crippen molar-refractivity contribution in [2.45, 2.75) is 57.4 Å². The average Bonchev–Trinajstić information content (AvgIpc) is 2.69. The van der Waals surface area contributed by atoms with Crippen molar-refractivity contribution >= 4 is 11.9 Å². The summed E-state index contributed by atoms with van der Waals surface area (Å²) in [5, 5.41) is 3.03. The lowest BCUT2D eigenvalue weighted by molar-refractivity contribution is -0.912. The van der Waals surface area contributed by atoms with Crippen molar-refractivity contribution in [3.8, 4) is 0 Å². The van der Waals surface area contributed by atoms with E-state index < -0.39 is 5.54 Å². The number of piperidine rings is 1. The highest BCUT2D eigenvalue weighted by Crippen LogP contribution is 2.37. The Hall–Kier alpha value is -1.10. The van der Waals surface area contributed by atoms with Crippen LogP contribution in [-0.4, -0.2) is 42.1 Å². The highest BCUT2D eigenvalue weighted by Gasteiger charge is 2.55. The molecule has 3 aliphatic rings. The maximum Gasteiger partial charge on any atom is 0.329 e. The summed E-state index contributed by atoms with van der Waals surface area (Å²) >= 11 is 0. The summed E-state index contributed by atoms with van der Waals surface area (Å²) < 4.78 is 0. The second-order valence-electron chi connectivity index (χ2n) is 6.75. The lowest BCUT2D eigenvalue weighted by Crippen LogP contribution is -3.14. The average molecular weight is 280 g/mol. The molecule has 3 rings (SSSR count). The van der Waals surface area contributed by atoms with Crippen LogP contribution in [-0.2, 0) is 4.79 Å². The summed E-state index contributed by atoms with van der Waals surface area (Å²) in [7, 11) is 0. The lowest BCUT2D eigenvalue weighted by atomic mass is 9.73. The predicted octanol–water partition coefficient (Wildman–Crippen LogP) is 0.513. The molecule has 1 spiro atoms. The molecule has 20 heavy (non-hydrogen) atoms. The Labute approximate surface area is 120 Å². The van der Waals surface area contributed by atoms with Gasteiger partial charge in [-0.05, 0) is 38.0 Å². The summed E-state index contributed by atoms with van der Waals surface area (Å²) in [5.74, 6) is 0.293. The summed E-state index contributed by atoms with van der Waals surface area (Å²) in [6, 6.07) is -0.165. The van der Waals surface area contributed by atoms with Gasteiger partial charge in [-0.25, -0.2) is 9.69 Å². The highest BCUT2D eigenvalue weighted by molar-refractivity contribution is 6.07. The Morgan fingerprint density at radius 3 is 2.65 bits per heavy atom. The van der Waals surface area contributed by atoms with E-state index in [1.165, 1.54) is 35.5 Å². The molecule has 5 nitrogen and oxygen atoms in total. The van der Waals surface area contributed by atoms with Crippen molar-refractivity contribution in [3.63, 3.8) is 0 Å². The number of carbonyl (C=O) groups is 2. The second-order valence-corrected chi connectivity index (χ2v) is 6.75. The minimum Gasteiger partial charge on any atom is -0.323 e. The largest absolute Gasteiger partial charge is 0.329 e. The van der Waals surface area contributed by atoms with Gasteiger partial charge >= 0.3 is 6.03 Å². The van der Waals surface area contributed by atoms with Gasteiger partial charge in [0.15, 0.2) is 6.67 Å². The van der Waals surface area contributed by atoms with Crippen LogP contribution in [0.25, 0.3) is 0 Å². The molecule has 2 atom stereocenters. The van der Waals surface area contributed by atoms with Gasteiger partial charge in [0, 0.05) is 0 Å². The molecule has 3 fully saturated rings. The molecule has 0 aromatic carbocycles. The first-order valence-electron chi connectivity index (χ1n) is 8.11. The number of likely N-dealkylation sites (tertiary alicyclic amines) is 1. The molecule has 0 aromatic rings. The first-order valence-corrected chi connectivity index (χ1v) is 8.11. The second kappa shape index (κ2) is 5.35. The maximum absolute atomic E-state index is 12.8. The fourth-order valence-electron chi connectivity index (χ4n) is 4.07. The van der Waals surface area contributed by atoms with Gasteiger partial charge in [0.05, 0.1) is 13.1 Å². The molecule has 2 aliphatic heterocycles. The number of hydrogen-bond acceptors (Lipinski definition) is 2. The van der Waals surface area contributed by atoms with E-state index in [-0.39, 0.29) is 17.9 Å². The van der Waals surface area contributed by atoms with E-state index in [2.05, 4.69) is 12.2 Å². The molecule has 112 valence electrons. The molecule has 0 unspecified atom stereocenters. The minimum absolute atomic E-state index is 0.0350. The fourth-order valence-corrected chi connectivity index (χ4v) is 4.07. The van der Waals surface area contributed by atoms with E-state index in [4.69, 9.17) is 0 Å². The van der Waals surface area contributed by atoms with E-state index in [0.717, 1.165) is 32.4 Å². The Bertz CT molecular complexity index is 406. The van der Waals surface area contributed by atoms with Crippen LogP contribution in [0.3, 0.4) is 0 Å². The zero-order valence-corrected chi connectivity index (χ0v) is 12.4. The summed E-state index contributed by atoms with van der Waals surface area (Å²) in [6.45, 7) is 4.83. The monoisotopic (exact) mass is 280 g/mol. The Morgan fingerprint density at radius 1 is 1.20 bits per heavy atom. The van der Waals surface area contributed by atoms with Gasteiger partial charge < -0.3 is 10.2 Å². The number of hydrogen-bond donors (Lipinski definition) is 2. The van der Waals surface area contributed by atoms with Gasteiger partial charge in [-0.3, -0.25) is 4.79 Å². The third-order valence-electron chi connectivity index (χ3n) is 5.44. The Balaban J connectivity index is 1.72. The molecule has 2 saturated heterocycles. The molecule has 1 aliphatic carbocycles. The standard InChI is InChI=1S/C15H25N3O2/c1-12-7-3-4-8-15(12)13(19)18(14(20)16-15)11-17-9-5-2-6-10-17/h12H,2-11H2,1H3,(H,16,20)/p+1/t12-,15+/m0/s1. The van der Waals surface area contributed by atoms with Crippen LogP contribution in [0, 0.1) is 5.92 Å². The number of quaternary nitrogens is 1. The van der Waals surface area contributed by atoms with Crippen molar-refractivity contribution < 1.29 is 14.5 Å². The number of urea groups is 1. The van der Waals surface area contributed by atoms with Crippen LogP contribution in [0.2, 0.25) is 0 Å². The topological polar surface area (TPSA) is 53.9 Å². The van der Waals surface area contributed by atoms with Gasteiger partial charge in [0.2, 0.25) is 0 Å². The SMILES string of the molecule is C[C@H]1CCCC[C@@]12NC(=O)N(C[NH+]1CCCCC1)C2=O. The summed E-state index contributed by atoms with van der Waals surface area (Å²) in [6.07, 6.45) is 7.76. The quantitative estimate of drug-likeness (QED) is 0.724. The Morgan fingerprint density at radius 2 is 1.95 bits per heavy atom. The number of rotatable bonds is 2. The zero-order chi connectivity index (χ0) is 14.2. The molecule has 2 heterocycles. The van der Waals surface area contributed by atoms with Crippen LogP contribution in [0.5, 0.6) is 0 Å². The van der Waals surface area contributed by atoms with Crippen LogP contribution in [0.15, 0.2) is 0 Å². The van der Waals surface area contributed by atoms with Crippen LogP contribution >= 0.6 is 0 Å². The van der Waals surface area contributed by atoms with Crippen LogP contribution < -0.4 is 10.2 Å². The van der Waals surface area contributed by atoms with Gasteiger partial charge in [0.25, 0.3) is 5.91 Å². The molecule has 5 heteroatoms. The van der Waals surface area contributed by atoms with Crippen molar-refractivity contribution in [2.24, 2.45) is 5.92 Å². The molecular formula is C15H26N3O2+. The van der Waals surface area contributed by atoms with E-state index in [9.17, 15) is 9.59 Å².